The molecular formula is C20H38O4. The summed E-state index contributed by atoms with van der Waals surface area (Å²) < 4.78 is 23.3. The van der Waals surface area contributed by atoms with Gasteiger partial charge in [-0.1, -0.05) is 19.8 Å². The van der Waals surface area contributed by atoms with Crippen molar-refractivity contribution < 1.29 is 18.9 Å². The van der Waals surface area contributed by atoms with Gasteiger partial charge in [-0.25, -0.2) is 0 Å². The van der Waals surface area contributed by atoms with Crippen LogP contribution in [0, 0.1) is 5.92 Å². The zero-order chi connectivity index (χ0) is 17.3. The molecule has 2 rings (SSSR count). The third-order valence-electron chi connectivity index (χ3n) is 5.12. The molecule has 142 valence electrons. The van der Waals surface area contributed by atoms with Gasteiger partial charge >= 0.3 is 0 Å². The highest BCUT2D eigenvalue weighted by atomic mass is 16.7. The molecular weight excluding hydrogens is 304 g/mol. The van der Waals surface area contributed by atoms with Crippen molar-refractivity contribution in [2.75, 3.05) is 19.8 Å². The Hall–Kier alpha value is -0.160. The smallest absolute Gasteiger partial charge is 0.158 e. The van der Waals surface area contributed by atoms with Gasteiger partial charge in [-0.05, 0) is 71.1 Å². The maximum atomic E-state index is 6.16. The molecule has 3 atom stereocenters. The zero-order valence-electron chi connectivity index (χ0n) is 16.1. The summed E-state index contributed by atoms with van der Waals surface area (Å²) in [7, 11) is 0. The van der Waals surface area contributed by atoms with Crippen LogP contribution in [-0.2, 0) is 18.9 Å². The molecule has 0 aromatic heterocycles. The minimum atomic E-state index is -0.0891. The van der Waals surface area contributed by atoms with E-state index in [1.807, 2.05) is 0 Å². The topological polar surface area (TPSA) is 36.9 Å². The van der Waals surface area contributed by atoms with Crippen LogP contribution in [0.1, 0.15) is 85.0 Å². The van der Waals surface area contributed by atoms with E-state index >= 15 is 0 Å². The van der Waals surface area contributed by atoms with Gasteiger partial charge in [0.25, 0.3) is 0 Å². The SMILES string of the molecule is CC(CCCC(C)(C)OC1CCCCO1)CCOC1CCCCO1. The Morgan fingerprint density at radius 3 is 2.25 bits per heavy atom. The minimum Gasteiger partial charge on any atom is -0.353 e. The van der Waals surface area contributed by atoms with E-state index in [0.29, 0.717) is 5.92 Å². The lowest BCUT2D eigenvalue weighted by Crippen LogP contribution is -2.34. The highest BCUT2D eigenvalue weighted by Gasteiger charge is 2.25. The molecule has 2 aliphatic heterocycles. The lowest BCUT2D eigenvalue weighted by molar-refractivity contribution is -0.217. The van der Waals surface area contributed by atoms with Crippen molar-refractivity contribution in [3.8, 4) is 0 Å². The van der Waals surface area contributed by atoms with Crippen LogP contribution >= 0.6 is 0 Å². The van der Waals surface area contributed by atoms with E-state index in [2.05, 4.69) is 20.8 Å². The Morgan fingerprint density at radius 2 is 1.62 bits per heavy atom. The van der Waals surface area contributed by atoms with E-state index < -0.39 is 0 Å². The quantitative estimate of drug-likeness (QED) is 0.557. The van der Waals surface area contributed by atoms with Crippen LogP contribution in [0.3, 0.4) is 0 Å². The number of ether oxygens (including phenoxy) is 4. The second-order valence-electron chi connectivity index (χ2n) is 8.13. The Labute approximate surface area is 148 Å². The van der Waals surface area contributed by atoms with E-state index in [0.717, 1.165) is 45.5 Å². The third-order valence-corrected chi connectivity index (χ3v) is 5.12. The minimum absolute atomic E-state index is 0.00932. The molecule has 24 heavy (non-hydrogen) atoms. The average Bonchev–Trinajstić information content (AvgIpc) is 2.56. The Balaban J connectivity index is 1.51. The standard InChI is InChI=1S/C20H38O4/c1-17(12-16-23-18-10-4-6-14-21-18)9-8-13-20(2,3)24-19-11-5-7-15-22-19/h17-19H,4-16H2,1-3H3. The summed E-state index contributed by atoms with van der Waals surface area (Å²) in [4.78, 5) is 0. The van der Waals surface area contributed by atoms with Gasteiger partial charge in [0.2, 0.25) is 0 Å². The molecule has 3 unspecified atom stereocenters. The number of rotatable bonds is 10. The summed E-state index contributed by atoms with van der Waals surface area (Å²) in [5.41, 5.74) is -0.0891. The molecule has 0 aliphatic carbocycles. The molecule has 0 aromatic rings. The molecule has 4 nitrogen and oxygen atoms in total. The Kier molecular flexibility index (Phi) is 9.02. The van der Waals surface area contributed by atoms with Crippen LogP contribution in [0.25, 0.3) is 0 Å². The second kappa shape index (κ2) is 10.7. The van der Waals surface area contributed by atoms with Crippen LogP contribution in [-0.4, -0.2) is 38.0 Å². The predicted octanol–water partition coefficient (Wildman–Crippen LogP) is 5.05. The molecule has 0 bridgehead atoms. The molecule has 4 heteroatoms. The maximum absolute atomic E-state index is 6.16. The predicted molar refractivity (Wildman–Crippen MR) is 95.9 cm³/mol. The van der Waals surface area contributed by atoms with Gasteiger partial charge in [0.05, 0.1) is 5.60 Å². The molecule has 2 aliphatic rings. The molecule has 0 saturated carbocycles. The fourth-order valence-corrected chi connectivity index (χ4v) is 3.48. The summed E-state index contributed by atoms with van der Waals surface area (Å²) in [5.74, 6) is 0.690. The summed E-state index contributed by atoms with van der Waals surface area (Å²) in [6.45, 7) is 9.24. The first kappa shape index (κ1) is 20.2. The first-order valence-electron chi connectivity index (χ1n) is 10.1. The molecule has 0 radical (unpaired) electrons. The fourth-order valence-electron chi connectivity index (χ4n) is 3.48. The normalized spacial score (nSPS) is 27.1. The summed E-state index contributed by atoms with van der Waals surface area (Å²) in [6, 6.07) is 0. The van der Waals surface area contributed by atoms with Gasteiger partial charge in [0.15, 0.2) is 12.6 Å². The van der Waals surface area contributed by atoms with Crippen molar-refractivity contribution >= 4 is 0 Å². The Morgan fingerprint density at radius 1 is 0.958 bits per heavy atom. The number of hydrogen-bond acceptors (Lipinski definition) is 4. The first-order chi connectivity index (χ1) is 11.6. The van der Waals surface area contributed by atoms with Crippen LogP contribution in [0.4, 0.5) is 0 Å². The summed E-state index contributed by atoms with van der Waals surface area (Å²) in [6.07, 6.45) is 11.6. The highest BCUT2D eigenvalue weighted by molar-refractivity contribution is 4.71. The summed E-state index contributed by atoms with van der Waals surface area (Å²) in [5, 5.41) is 0. The Bertz CT molecular complexity index is 320. The van der Waals surface area contributed by atoms with E-state index in [9.17, 15) is 0 Å². The zero-order valence-corrected chi connectivity index (χ0v) is 16.1. The van der Waals surface area contributed by atoms with Crippen LogP contribution in [0.15, 0.2) is 0 Å². The monoisotopic (exact) mass is 342 g/mol. The second-order valence-corrected chi connectivity index (χ2v) is 8.13. The number of hydrogen-bond donors (Lipinski definition) is 0. The van der Waals surface area contributed by atoms with Crippen LogP contribution < -0.4 is 0 Å². The van der Waals surface area contributed by atoms with Crippen molar-refractivity contribution in [1.82, 2.24) is 0 Å². The maximum Gasteiger partial charge on any atom is 0.158 e. The van der Waals surface area contributed by atoms with Crippen molar-refractivity contribution in [2.24, 2.45) is 5.92 Å². The van der Waals surface area contributed by atoms with Gasteiger partial charge < -0.3 is 18.9 Å². The van der Waals surface area contributed by atoms with Gasteiger partial charge in [-0.2, -0.15) is 0 Å². The van der Waals surface area contributed by atoms with Crippen molar-refractivity contribution in [3.63, 3.8) is 0 Å². The van der Waals surface area contributed by atoms with E-state index in [1.165, 1.54) is 38.5 Å². The third kappa shape index (κ3) is 8.28. The van der Waals surface area contributed by atoms with Gasteiger partial charge in [0.1, 0.15) is 0 Å². The molecule has 0 aromatic carbocycles. The molecule has 2 fully saturated rings. The van der Waals surface area contributed by atoms with Crippen LogP contribution in [0.5, 0.6) is 0 Å². The molecule has 0 amide bonds. The summed E-state index contributed by atoms with van der Waals surface area (Å²) >= 11 is 0. The highest BCUT2D eigenvalue weighted by Crippen LogP contribution is 2.26. The van der Waals surface area contributed by atoms with Crippen molar-refractivity contribution in [2.45, 2.75) is 103 Å². The van der Waals surface area contributed by atoms with Crippen molar-refractivity contribution in [1.29, 1.82) is 0 Å². The molecule has 2 saturated heterocycles. The first-order valence-corrected chi connectivity index (χ1v) is 10.1. The van der Waals surface area contributed by atoms with E-state index in [4.69, 9.17) is 18.9 Å². The lowest BCUT2D eigenvalue weighted by atomic mass is 9.95. The van der Waals surface area contributed by atoms with E-state index in [1.54, 1.807) is 0 Å². The molecule has 0 N–H and O–H groups in total. The average molecular weight is 343 g/mol. The van der Waals surface area contributed by atoms with E-state index in [-0.39, 0.29) is 18.2 Å². The van der Waals surface area contributed by atoms with Gasteiger partial charge in [-0.3, -0.25) is 0 Å². The lowest BCUT2D eigenvalue weighted by Gasteiger charge is -2.33. The largest absolute Gasteiger partial charge is 0.353 e. The van der Waals surface area contributed by atoms with Gasteiger partial charge in [0, 0.05) is 19.8 Å². The van der Waals surface area contributed by atoms with Crippen LogP contribution in [0.2, 0.25) is 0 Å². The van der Waals surface area contributed by atoms with Crippen molar-refractivity contribution in [3.05, 3.63) is 0 Å². The van der Waals surface area contributed by atoms with Gasteiger partial charge in [-0.15, -0.1) is 0 Å². The molecule has 2 heterocycles. The fraction of sp³-hybridized carbons (Fsp3) is 1.00. The molecule has 0 spiro atoms.